The van der Waals surface area contributed by atoms with Crippen molar-refractivity contribution in [3.8, 4) is 0 Å². The SMILES string of the molecule is FC(F)(F)c1nnc(NCC2CCCC2Cl)s1. The average Bonchev–Trinajstić information content (AvgIpc) is 2.82. The number of hydrogen-bond donors (Lipinski definition) is 1. The summed E-state index contributed by atoms with van der Waals surface area (Å²) >= 11 is 6.59. The molecule has 2 atom stereocenters. The predicted molar refractivity (Wildman–Crippen MR) is 60.4 cm³/mol. The van der Waals surface area contributed by atoms with Crippen LogP contribution in [-0.4, -0.2) is 22.1 Å². The van der Waals surface area contributed by atoms with Gasteiger partial charge >= 0.3 is 6.18 Å². The molecular weight excluding hydrogens is 275 g/mol. The van der Waals surface area contributed by atoms with Crippen LogP contribution in [-0.2, 0) is 6.18 Å². The van der Waals surface area contributed by atoms with Crippen molar-refractivity contribution in [1.82, 2.24) is 10.2 Å². The smallest absolute Gasteiger partial charge is 0.360 e. The highest BCUT2D eigenvalue weighted by molar-refractivity contribution is 7.15. The van der Waals surface area contributed by atoms with Crippen molar-refractivity contribution in [3.63, 3.8) is 0 Å². The van der Waals surface area contributed by atoms with E-state index in [0.717, 1.165) is 19.3 Å². The molecule has 0 amide bonds. The van der Waals surface area contributed by atoms with E-state index < -0.39 is 11.2 Å². The molecule has 0 aromatic carbocycles. The maximum absolute atomic E-state index is 12.3. The van der Waals surface area contributed by atoms with Crippen LogP contribution in [0.15, 0.2) is 0 Å². The molecule has 1 aromatic heterocycles. The summed E-state index contributed by atoms with van der Waals surface area (Å²) < 4.78 is 36.8. The predicted octanol–water partition coefficient (Wildman–Crippen LogP) is 3.38. The lowest BCUT2D eigenvalue weighted by Crippen LogP contribution is -2.18. The average molecular weight is 286 g/mol. The van der Waals surface area contributed by atoms with Crippen LogP contribution >= 0.6 is 22.9 Å². The van der Waals surface area contributed by atoms with Gasteiger partial charge in [0.05, 0.1) is 0 Å². The molecule has 96 valence electrons. The Bertz CT molecular complexity index is 382. The van der Waals surface area contributed by atoms with Crippen molar-refractivity contribution in [2.45, 2.75) is 30.8 Å². The number of hydrogen-bond acceptors (Lipinski definition) is 4. The molecule has 0 radical (unpaired) electrons. The van der Waals surface area contributed by atoms with Crippen LogP contribution in [0.5, 0.6) is 0 Å². The summed E-state index contributed by atoms with van der Waals surface area (Å²) in [6.45, 7) is 0.556. The lowest BCUT2D eigenvalue weighted by atomic mass is 10.1. The second-order valence-electron chi connectivity index (χ2n) is 4.00. The minimum Gasteiger partial charge on any atom is -0.360 e. The maximum Gasteiger partial charge on any atom is 0.445 e. The van der Waals surface area contributed by atoms with Gasteiger partial charge in [-0.15, -0.1) is 21.8 Å². The Morgan fingerprint density at radius 3 is 2.65 bits per heavy atom. The summed E-state index contributed by atoms with van der Waals surface area (Å²) in [5.41, 5.74) is 0. The van der Waals surface area contributed by atoms with Gasteiger partial charge in [0, 0.05) is 11.9 Å². The molecule has 1 N–H and O–H groups in total. The fraction of sp³-hybridized carbons (Fsp3) is 0.778. The summed E-state index contributed by atoms with van der Waals surface area (Å²) in [6, 6.07) is 0. The minimum absolute atomic E-state index is 0.109. The Balaban J connectivity index is 1.89. The molecule has 0 aliphatic heterocycles. The van der Waals surface area contributed by atoms with Crippen molar-refractivity contribution in [2.75, 3.05) is 11.9 Å². The van der Waals surface area contributed by atoms with Crippen molar-refractivity contribution >= 4 is 28.1 Å². The van der Waals surface area contributed by atoms with E-state index in [4.69, 9.17) is 11.6 Å². The van der Waals surface area contributed by atoms with Crippen LogP contribution in [0.4, 0.5) is 18.3 Å². The van der Waals surface area contributed by atoms with Crippen LogP contribution in [0.25, 0.3) is 0 Å². The van der Waals surface area contributed by atoms with Crippen LogP contribution in [0.3, 0.4) is 0 Å². The molecule has 0 spiro atoms. The second kappa shape index (κ2) is 4.97. The van der Waals surface area contributed by atoms with E-state index in [-0.39, 0.29) is 10.5 Å². The first-order chi connectivity index (χ1) is 7.97. The zero-order valence-corrected chi connectivity index (χ0v) is 10.4. The third kappa shape index (κ3) is 3.22. The van der Waals surface area contributed by atoms with E-state index in [1.165, 1.54) is 0 Å². The van der Waals surface area contributed by atoms with Crippen LogP contribution in [0.2, 0.25) is 0 Å². The summed E-state index contributed by atoms with van der Waals surface area (Å²) in [5.74, 6) is 0.301. The van der Waals surface area contributed by atoms with Gasteiger partial charge in [-0.25, -0.2) is 0 Å². The first-order valence-corrected chi connectivity index (χ1v) is 6.51. The highest BCUT2D eigenvalue weighted by Crippen LogP contribution is 2.34. The molecule has 1 aliphatic rings. The van der Waals surface area contributed by atoms with Crippen molar-refractivity contribution in [2.24, 2.45) is 5.92 Å². The molecule has 0 bridgehead atoms. The third-order valence-corrected chi connectivity index (χ3v) is 4.25. The number of alkyl halides is 4. The second-order valence-corrected chi connectivity index (χ2v) is 5.54. The zero-order chi connectivity index (χ0) is 12.5. The van der Waals surface area contributed by atoms with Crippen molar-refractivity contribution < 1.29 is 13.2 Å². The Morgan fingerprint density at radius 2 is 2.12 bits per heavy atom. The van der Waals surface area contributed by atoms with E-state index in [0.29, 0.717) is 23.8 Å². The number of rotatable bonds is 3. The molecular formula is C9H11ClF3N3S. The molecule has 1 aliphatic carbocycles. The van der Waals surface area contributed by atoms with Crippen LogP contribution < -0.4 is 5.32 Å². The number of anilines is 1. The topological polar surface area (TPSA) is 37.8 Å². The lowest BCUT2D eigenvalue weighted by molar-refractivity contribution is -0.138. The molecule has 17 heavy (non-hydrogen) atoms. The van der Waals surface area contributed by atoms with Crippen molar-refractivity contribution in [3.05, 3.63) is 5.01 Å². The van der Waals surface area contributed by atoms with E-state index in [2.05, 4.69) is 15.5 Å². The Hall–Kier alpha value is -0.560. The first kappa shape index (κ1) is 12.9. The van der Waals surface area contributed by atoms with Gasteiger partial charge < -0.3 is 5.32 Å². The third-order valence-electron chi connectivity index (χ3n) is 2.75. The Morgan fingerprint density at radius 1 is 1.35 bits per heavy atom. The molecule has 1 heterocycles. The minimum atomic E-state index is -4.42. The Labute approximate surface area is 105 Å². The van der Waals surface area contributed by atoms with Crippen molar-refractivity contribution in [1.29, 1.82) is 0 Å². The summed E-state index contributed by atoms with van der Waals surface area (Å²) in [6.07, 6.45) is -1.37. The van der Waals surface area contributed by atoms with Gasteiger partial charge in [-0.05, 0) is 18.8 Å². The fourth-order valence-electron chi connectivity index (χ4n) is 1.85. The van der Waals surface area contributed by atoms with Gasteiger partial charge in [-0.3, -0.25) is 0 Å². The molecule has 2 unspecified atom stereocenters. The number of halogens is 4. The number of nitrogens with one attached hydrogen (secondary N) is 1. The van der Waals surface area contributed by atoms with Gasteiger partial charge in [0.25, 0.3) is 0 Å². The van der Waals surface area contributed by atoms with Gasteiger partial charge in [-0.2, -0.15) is 13.2 Å². The lowest BCUT2D eigenvalue weighted by Gasteiger charge is -2.13. The molecule has 2 rings (SSSR count). The molecule has 3 nitrogen and oxygen atoms in total. The van der Waals surface area contributed by atoms with E-state index in [9.17, 15) is 13.2 Å². The summed E-state index contributed by atoms with van der Waals surface area (Å²) in [4.78, 5) is 0. The first-order valence-electron chi connectivity index (χ1n) is 5.25. The number of aromatic nitrogens is 2. The molecule has 0 saturated heterocycles. The maximum atomic E-state index is 12.3. The van der Waals surface area contributed by atoms with E-state index in [1.54, 1.807) is 0 Å². The molecule has 1 aromatic rings. The highest BCUT2D eigenvalue weighted by Gasteiger charge is 2.35. The fourth-order valence-corrected chi connectivity index (χ4v) is 2.84. The summed E-state index contributed by atoms with van der Waals surface area (Å²) in [5, 5.41) is 8.82. The van der Waals surface area contributed by atoms with Gasteiger partial charge in [-0.1, -0.05) is 17.8 Å². The van der Waals surface area contributed by atoms with E-state index in [1.807, 2.05) is 0 Å². The largest absolute Gasteiger partial charge is 0.445 e. The van der Waals surface area contributed by atoms with Gasteiger partial charge in [0.15, 0.2) is 0 Å². The number of nitrogens with zero attached hydrogens (tertiary/aromatic N) is 2. The zero-order valence-electron chi connectivity index (χ0n) is 8.80. The van der Waals surface area contributed by atoms with Gasteiger partial charge in [0.2, 0.25) is 10.1 Å². The highest BCUT2D eigenvalue weighted by atomic mass is 35.5. The van der Waals surface area contributed by atoms with Crippen LogP contribution in [0, 0.1) is 5.92 Å². The molecule has 8 heteroatoms. The molecule has 1 fully saturated rings. The van der Waals surface area contributed by atoms with Gasteiger partial charge in [0.1, 0.15) is 0 Å². The standard InChI is InChI=1S/C9H11ClF3N3S/c10-6-3-1-2-5(6)4-14-8-16-15-7(17-8)9(11,12)13/h5-6H,1-4H2,(H,14,16). The monoisotopic (exact) mass is 285 g/mol. The Kier molecular flexibility index (Phi) is 3.77. The molecule has 1 saturated carbocycles. The van der Waals surface area contributed by atoms with Crippen LogP contribution in [0.1, 0.15) is 24.3 Å². The van der Waals surface area contributed by atoms with E-state index >= 15 is 0 Å². The quantitative estimate of drug-likeness (QED) is 0.865. The summed E-state index contributed by atoms with van der Waals surface area (Å²) in [7, 11) is 0. The normalized spacial score (nSPS) is 25.2.